The van der Waals surface area contributed by atoms with Crippen molar-refractivity contribution in [3.8, 4) is 39.6 Å². The molecule has 0 N–H and O–H groups in total. The summed E-state index contributed by atoms with van der Waals surface area (Å²) in [7, 11) is 1.75. The Morgan fingerprint density at radius 2 is 1.67 bits per heavy atom. The molecular weight excluding hydrogens is 400 g/mol. The van der Waals surface area contributed by atoms with Crippen LogP contribution in [0.15, 0.2) is 77.4 Å². The molecule has 5 rings (SSSR count). The largest absolute Gasteiger partial charge is 0.482 e. The zero-order valence-corrected chi connectivity index (χ0v) is 16.9. The van der Waals surface area contributed by atoms with Gasteiger partial charge in [0.05, 0.1) is 23.3 Å². The highest BCUT2D eigenvalue weighted by Gasteiger charge is 2.23. The average Bonchev–Trinajstić information content (AvgIpc) is 3.31. The van der Waals surface area contributed by atoms with E-state index >= 15 is 0 Å². The SMILES string of the molecule is CN1C(=O)COc2ccc(-c3cc(-c4ccco4)cc(-c4ccc(Cl)cc4)n3)cc21. The molecule has 2 aromatic carbocycles. The summed E-state index contributed by atoms with van der Waals surface area (Å²) in [4.78, 5) is 18.5. The van der Waals surface area contributed by atoms with Gasteiger partial charge in [0.1, 0.15) is 11.5 Å². The number of fused-ring (bicyclic) bond motifs is 1. The highest BCUT2D eigenvalue weighted by Crippen LogP contribution is 2.37. The fourth-order valence-electron chi connectivity index (χ4n) is 3.46. The monoisotopic (exact) mass is 416 g/mol. The highest BCUT2D eigenvalue weighted by molar-refractivity contribution is 6.30. The van der Waals surface area contributed by atoms with Crippen LogP contribution in [-0.4, -0.2) is 24.5 Å². The van der Waals surface area contributed by atoms with Gasteiger partial charge < -0.3 is 14.1 Å². The predicted molar refractivity (Wildman–Crippen MR) is 117 cm³/mol. The first kappa shape index (κ1) is 18.5. The third kappa shape index (κ3) is 3.33. The van der Waals surface area contributed by atoms with E-state index in [9.17, 15) is 4.79 Å². The number of likely N-dealkylation sites (N-methyl/N-ethyl adjacent to an activating group) is 1. The summed E-state index contributed by atoms with van der Waals surface area (Å²) in [6.07, 6.45) is 1.65. The van der Waals surface area contributed by atoms with Gasteiger partial charge in [-0.25, -0.2) is 4.98 Å². The molecule has 1 aliphatic rings. The summed E-state index contributed by atoms with van der Waals surface area (Å²) in [5.74, 6) is 1.35. The maximum absolute atomic E-state index is 12.0. The lowest BCUT2D eigenvalue weighted by atomic mass is 10.0. The normalized spacial score (nSPS) is 13.1. The van der Waals surface area contributed by atoms with Crippen LogP contribution in [0.25, 0.3) is 33.8 Å². The van der Waals surface area contributed by atoms with Gasteiger partial charge in [-0.05, 0) is 54.6 Å². The number of ether oxygens (including phenoxy) is 1. The number of furan rings is 1. The zero-order chi connectivity index (χ0) is 20.7. The van der Waals surface area contributed by atoms with Gasteiger partial charge in [0.15, 0.2) is 6.61 Å². The summed E-state index contributed by atoms with van der Waals surface area (Å²) >= 11 is 6.05. The Bertz CT molecular complexity index is 1230. The fraction of sp³-hybridized carbons (Fsp3) is 0.0833. The number of aromatic nitrogens is 1. The Labute approximate surface area is 178 Å². The Kier molecular flexibility index (Phi) is 4.52. The topological polar surface area (TPSA) is 55.6 Å². The van der Waals surface area contributed by atoms with Gasteiger partial charge in [-0.1, -0.05) is 23.7 Å². The van der Waals surface area contributed by atoms with Gasteiger partial charge >= 0.3 is 0 Å². The third-order valence-electron chi connectivity index (χ3n) is 5.11. The third-order valence-corrected chi connectivity index (χ3v) is 5.36. The Hall–Kier alpha value is -3.57. The van der Waals surface area contributed by atoms with Crippen molar-refractivity contribution in [3.63, 3.8) is 0 Å². The van der Waals surface area contributed by atoms with E-state index in [0.29, 0.717) is 10.8 Å². The Morgan fingerprint density at radius 3 is 2.40 bits per heavy atom. The van der Waals surface area contributed by atoms with Crippen LogP contribution in [-0.2, 0) is 4.79 Å². The van der Waals surface area contributed by atoms with Crippen molar-refractivity contribution >= 4 is 23.2 Å². The number of amides is 1. The molecule has 0 saturated carbocycles. The smallest absolute Gasteiger partial charge is 0.264 e. The number of halogens is 1. The number of hydrogen-bond donors (Lipinski definition) is 0. The van der Waals surface area contributed by atoms with Crippen LogP contribution < -0.4 is 9.64 Å². The van der Waals surface area contributed by atoms with Gasteiger partial charge in [-0.2, -0.15) is 0 Å². The van der Waals surface area contributed by atoms with Gasteiger partial charge in [0.2, 0.25) is 0 Å². The van der Waals surface area contributed by atoms with Crippen molar-refractivity contribution in [1.82, 2.24) is 4.98 Å². The van der Waals surface area contributed by atoms with Gasteiger partial charge in [0, 0.05) is 28.8 Å². The molecule has 148 valence electrons. The number of carbonyl (C=O) groups is 1. The molecular formula is C24H17ClN2O3. The van der Waals surface area contributed by atoms with Crippen LogP contribution in [0.3, 0.4) is 0 Å². The van der Waals surface area contributed by atoms with E-state index in [-0.39, 0.29) is 12.5 Å². The van der Waals surface area contributed by atoms with E-state index < -0.39 is 0 Å². The van der Waals surface area contributed by atoms with Crippen LogP contribution in [0.4, 0.5) is 5.69 Å². The first-order valence-corrected chi connectivity index (χ1v) is 9.82. The lowest BCUT2D eigenvalue weighted by Crippen LogP contribution is -2.35. The second-order valence-corrected chi connectivity index (χ2v) is 7.47. The van der Waals surface area contributed by atoms with Crippen LogP contribution in [0.5, 0.6) is 5.75 Å². The van der Waals surface area contributed by atoms with E-state index in [2.05, 4.69) is 0 Å². The predicted octanol–water partition coefficient (Wildman–Crippen LogP) is 5.68. The number of hydrogen-bond acceptors (Lipinski definition) is 4. The lowest BCUT2D eigenvalue weighted by molar-refractivity contribution is -0.120. The van der Waals surface area contributed by atoms with Crippen LogP contribution >= 0.6 is 11.6 Å². The van der Waals surface area contributed by atoms with Crippen LogP contribution in [0.1, 0.15) is 0 Å². The molecule has 3 heterocycles. The Morgan fingerprint density at radius 1 is 0.933 bits per heavy atom. The standard InChI is InChI=1S/C24H17ClN2O3/c1-27-21-13-16(6-9-23(21)30-14-24(27)28)20-12-17(22-3-2-10-29-22)11-19(26-20)15-4-7-18(25)8-5-15/h2-13H,14H2,1H3. The first-order chi connectivity index (χ1) is 14.6. The van der Waals surface area contributed by atoms with E-state index in [0.717, 1.165) is 39.5 Å². The molecule has 0 saturated heterocycles. The summed E-state index contributed by atoms with van der Waals surface area (Å²) in [5.41, 5.74) is 5.03. The number of benzene rings is 2. The summed E-state index contributed by atoms with van der Waals surface area (Å²) in [5, 5.41) is 0.670. The molecule has 0 fully saturated rings. The van der Waals surface area contributed by atoms with E-state index in [4.69, 9.17) is 25.7 Å². The van der Waals surface area contributed by atoms with E-state index in [1.165, 1.54) is 0 Å². The maximum atomic E-state index is 12.0. The number of carbonyl (C=O) groups excluding carboxylic acids is 1. The molecule has 0 radical (unpaired) electrons. The molecule has 0 unspecified atom stereocenters. The van der Waals surface area contributed by atoms with E-state index in [1.807, 2.05) is 66.7 Å². The lowest BCUT2D eigenvalue weighted by Gasteiger charge is -2.26. The molecule has 4 aromatic rings. The summed E-state index contributed by atoms with van der Waals surface area (Å²) in [6.45, 7) is 0.0514. The molecule has 0 spiro atoms. The zero-order valence-electron chi connectivity index (χ0n) is 16.1. The minimum absolute atomic E-state index is 0.0514. The minimum Gasteiger partial charge on any atom is -0.482 e. The molecule has 6 heteroatoms. The Balaban J connectivity index is 1.66. The molecule has 1 aliphatic heterocycles. The number of anilines is 1. The van der Waals surface area contributed by atoms with Crippen molar-refractivity contribution in [1.29, 1.82) is 0 Å². The van der Waals surface area contributed by atoms with Crippen molar-refractivity contribution in [2.45, 2.75) is 0 Å². The first-order valence-electron chi connectivity index (χ1n) is 9.44. The number of rotatable bonds is 3. The van der Waals surface area contributed by atoms with Gasteiger partial charge in [-0.3, -0.25) is 4.79 Å². The summed E-state index contributed by atoms with van der Waals surface area (Å²) < 4.78 is 11.2. The average molecular weight is 417 g/mol. The highest BCUT2D eigenvalue weighted by atomic mass is 35.5. The number of pyridine rings is 1. The molecule has 2 aromatic heterocycles. The van der Waals surface area contributed by atoms with Crippen molar-refractivity contribution < 1.29 is 13.9 Å². The molecule has 0 bridgehead atoms. The quantitative estimate of drug-likeness (QED) is 0.431. The van der Waals surface area contributed by atoms with Gasteiger partial charge in [-0.15, -0.1) is 0 Å². The maximum Gasteiger partial charge on any atom is 0.264 e. The summed E-state index contributed by atoms with van der Waals surface area (Å²) in [6, 6.07) is 21.0. The second-order valence-electron chi connectivity index (χ2n) is 7.03. The molecule has 30 heavy (non-hydrogen) atoms. The number of nitrogens with zero attached hydrogens (tertiary/aromatic N) is 2. The van der Waals surface area contributed by atoms with Crippen LogP contribution in [0, 0.1) is 0 Å². The van der Waals surface area contributed by atoms with Crippen molar-refractivity contribution in [2.24, 2.45) is 0 Å². The van der Waals surface area contributed by atoms with E-state index in [1.54, 1.807) is 18.2 Å². The van der Waals surface area contributed by atoms with Crippen molar-refractivity contribution in [2.75, 3.05) is 18.6 Å². The molecule has 1 amide bonds. The molecule has 5 nitrogen and oxygen atoms in total. The second kappa shape index (κ2) is 7.35. The molecule has 0 aliphatic carbocycles. The molecule has 0 atom stereocenters. The van der Waals surface area contributed by atoms with Crippen molar-refractivity contribution in [3.05, 3.63) is 78.0 Å². The fourth-order valence-corrected chi connectivity index (χ4v) is 3.59. The van der Waals surface area contributed by atoms with Crippen LogP contribution in [0.2, 0.25) is 5.02 Å². The van der Waals surface area contributed by atoms with Gasteiger partial charge in [0.25, 0.3) is 5.91 Å². The minimum atomic E-state index is -0.0844.